The van der Waals surface area contributed by atoms with Gasteiger partial charge in [-0.2, -0.15) is 0 Å². The van der Waals surface area contributed by atoms with Gasteiger partial charge < -0.3 is 15.2 Å². The number of nitrogens with one attached hydrogen (secondary N) is 1. The van der Waals surface area contributed by atoms with Gasteiger partial charge >= 0.3 is 5.97 Å². The second-order valence-corrected chi connectivity index (χ2v) is 7.98. The van der Waals surface area contributed by atoms with Gasteiger partial charge in [0.15, 0.2) is 4.32 Å². The second kappa shape index (κ2) is 9.55. The minimum Gasteiger partial charge on any atom is -0.493 e. The molecule has 1 saturated heterocycles. The number of carboxylic acid groups (broad SMARTS) is 1. The first kappa shape index (κ1) is 21.5. The van der Waals surface area contributed by atoms with Crippen molar-refractivity contribution in [1.29, 1.82) is 0 Å². The molecule has 1 aliphatic heterocycles. The summed E-state index contributed by atoms with van der Waals surface area (Å²) >= 11 is 6.59. The summed E-state index contributed by atoms with van der Waals surface area (Å²) in [5.74, 6) is -0.757. The van der Waals surface area contributed by atoms with Crippen LogP contribution in [0.3, 0.4) is 0 Å². The van der Waals surface area contributed by atoms with Crippen molar-refractivity contribution in [3.63, 3.8) is 0 Å². The Morgan fingerprint density at radius 2 is 1.83 bits per heavy atom. The highest BCUT2D eigenvalue weighted by molar-refractivity contribution is 8.27. The van der Waals surface area contributed by atoms with Crippen molar-refractivity contribution < 1.29 is 24.2 Å². The summed E-state index contributed by atoms with van der Waals surface area (Å²) in [6.07, 6.45) is 1.67. The molecule has 1 heterocycles. The van der Waals surface area contributed by atoms with Crippen LogP contribution in [0, 0.1) is 0 Å². The highest BCUT2D eigenvalue weighted by Crippen LogP contribution is 2.36. The van der Waals surface area contributed by atoms with Gasteiger partial charge in [-0.05, 0) is 48.0 Å². The maximum Gasteiger partial charge on any atom is 0.306 e. The molecule has 0 atom stereocenters. The monoisotopic (exact) mass is 442 g/mol. The quantitative estimate of drug-likeness (QED) is 0.496. The number of carbonyl (C=O) groups excluding carboxylic acids is 2. The number of amides is 2. The highest BCUT2D eigenvalue weighted by atomic mass is 32.2. The van der Waals surface area contributed by atoms with Crippen LogP contribution < -0.4 is 15.0 Å². The minimum atomic E-state index is -0.918. The summed E-state index contributed by atoms with van der Waals surface area (Å²) in [5, 5.41) is 11.3. The van der Waals surface area contributed by atoms with Crippen molar-refractivity contribution >= 4 is 63.5 Å². The van der Waals surface area contributed by atoms with Crippen LogP contribution in [-0.4, -0.2) is 33.8 Å². The SMILES string of the molecule is CC(=O)Nc1ccc(N2C(=O)/C(=C\c3ccc(OCCC(=O)O)cc3)SC2=S)cc1. The lowest BCUT2D eigenvalue weighted by molar-refractivity contribution is -0.137. The lowest BCUT2D eigenvalue weighted by Gasteiger charge is -2.15. The summed E-state index contributed by atoms with van der Waals surface area (Å²) in [5.41, 5.74) is 2.05. The van der Waals surface area contributed by atoms with E-state index in [1.54, 1.807) is 54.6 Å². The van der Waals surface area contributed by atoms with E-state index in [9.17, 15) is 14.4 Å². The Balaban J connectivity index is 1.70. The lowest BCUT2D eigenvalue weighted by atomic mass is 10.2. The molecule has 2 amide bonds. The maximum absolute atomic E-state index is 12.9. The van der Waals surface area contributed by atoms with Crippen LogP contribution in [0.2, 0.25) is 0 Å². The van der Waals surface area contributed by atoms with Crippen LogP contribution in [0.4, 0.5) is 11.4 Å². The van der Waals surface area contributed by atoms with E-state index in [0.29, 0.717) is 26.3 Å². The highest BCUT2D eigenvalue weighted by Gasteiger charge is 2.33. The van der Waals surface area contributed by atoms with Crippen LogP contribution in [0.25, 0.3) is 6.08 Å². The maximum atomic E-state index is 12.9. The third kappa shape index (κ3) is 5.46. The number of carbonyl (C=O) groups is 3. The van der Waals surface area contributed by atoms with Crippen molar-refractivity contribution in [3.05, 3.63) is 59.0 Å². The van der Waals surface area contributed by atoms with E-state index in [2.05, 4.69) is 5.32 Å². The van der Waals surface area contributed by atoms with Gasteiger partial charge in [0, 0.05) is 12.6 Å². The number of carboxylic acids is 1. The molecule has 0 unspecified atom stereocenters. The van der Waals surface area contributed by atoms with Gasteiger partial charge in [0.05, 0.1) is 23.6 Å². The summed E-state index contributed by atoms with van der Waals surface area (Å²) in [6.45, 7) is 1.52. The van der Waals surface area contributed by atoms with E-state index >= 15 is 0 Å². The standard InChI is InChI=1S/C21H18N2O5S2/c1-13(24)22-15-4-6-16(7-5-15)23-20(27)18(30-21(23)29)12-14-2-8-17(9-3-14)28-11-10-19(25)26/h2-9,12H,10-11H2,1H3,(H,22,24)(H,25,26)/b18-12+. The number of hydrogen-bond donors (Lipinski definition) is 2. The molecule has 1 fully saturated rings. The Hall–Kier alpha value is -3.17. The Kier molecular flexibility index (Phi) is 6.86. The van der Waals surface area contributed by atoms with E-state index < -0.39 is 5.97 Å². The number of aliphatic carboxylic acids is 1. The second-order valence-electron chi connectivity index (χ2n) is 6.31. The Morgan fingerprint density at radius 1 is 1.17 bits per heavy atom. The molecular formula is C21H18N2O5S2. The smallest absolute Gasteiger partial charge is 0.306 e. The number of ether oxygens (including phenoxy) is 1. The van der Waals surface area contributed by atoms with Crippen molar-refractivity contribution in [1.82, 2.24) is 0 Å². The average molecular weight is 443 g/mol. The normalized spacial score (nSPS) is 14.8. The number of anilines is 2. The van der Waals surface area contributed by atoms with Crippen LogP contribution in [0.1, 0.15) is 18.9 Å². The van der Waals surface area contributed by atoms with Gasteiger partial charge in [0.1, 0.15) is 5.75 Å². The Morgan fingerprint density at radius 3 is 2.43 bits per heavy atom. The van der Waals surface area contributed by atoms with Gasteiger partial charge in [-0.3, -0.25) is 19.3 Å². The van der Waals surface area contributed by atoms with E-state index in [1.165, 1.54) is 23.6 Å². The predicted octanol–water partition coefficient (Wildman–Crippen LogP) is 3.90. The molecule has 0 saturated carbocycles. The molecule has 0 spiro atoms. The average Bonchev–Trinajstić information content (AvgIpc) is 2.96. The topological polar surface area (TPSA) is 95.9 Å². The third-order valence-corrected chi connectivity index (χ3v) is 5.30. The Labute approximate surface area is 182 Å². The summed E-state index contributed by atoms with van der Waals surface area (Å²) < 4.78 is 5.78. The van der Waals surface area contributed by atoms with Gasteiger partial charge in [-0.15, -0.1) is 0 Å². The summed E-state index contributed by atoms with van der Waals surface area (Å²) in [7, 11) is 0. The van der Waals surface area contributed by atoms with E-state index in [4.69, 9.17) is 22.1 Å². The molecule has 2 aromatic carbocycles. The number of thiocarbonyl (C=S) groups is 1. The summed E-state index contributed by atoms with van der Waals surface area (Å²) in [6, 6.07) is 13.9. The van der Waals surface area contributed by atoms with Crippen LogP contribution in [-0.2, 0) is 14.4 Å². The fraction of sp³-hybridized carbons (Fsp3) is 0.143. The van der Waals surface area contributed by atoms with Crippen molar-refractivity contribution in [2.45, 2.75) is 13.3 Å². The first-order chi connectivity index (χ1) is 14.3. The molecule has 0 aromatic heterocycles. The third-order valence-electron chi connectivity index (χ3n) is 4.00. The van der Waals surface area contributed by atoms with Crippen molar-refractivity contribution in [2.75, 3.05) is 16.8 Å². The Bertz CT molecular complexity index is 1020. The van der Waals surface area contributed by atoms with Gasteiger partial charge in [-0.1, -0.05) is 36.1 Å². The van der Waals surface area contributed by atoms with Gasteiger partial charge in [-0.25, -0.2) is 0 Å². The van der Waals surface area contributed by atoms with Crippen LogP contribution in [0.15, 0.2) is 53.4 Å². The van der Waals surface area contributed by atoms with Crippen molar-refractivity contribution in [2.24, 2.45) is 0 Å². The molecular weight excluding hydrogens is 424 g/mol. The number of nitrogens with zero attached hydrogens (tertiary/aromatic N) is 1. The summed E-state index contributed by atoms with van der Waals surface area (Å²) in [4.78, 5) is 36.5. The molecule has 3 rings (SSSR count). The first-order valence-electron chi connectivity index (χ1n) is 8.94. The zero-order valence-corrected chi connectivity index (χ0v) is 17.6. The molecule has 1 aliphatic rings. The van der Waals surface area contributed by atoms with Gasteiger partial charge in [0.2, 0.25) is 5.91 Å². The van der Waals surface area contributed by atoms with E-state index in [1.807, 2.05) is 0 Å². The van der Waals surface area contributed by atoms with Gasteiger partial charge in [0.25, 0.3) is 5.91 Å². The largest absolute Gasteiger partial charge is 0.493 e. The molecule has 154 valence electrons. The minimum absolute atomic E-state index is 0.0734. The van der Waals surface area contributed by atoms with Crippen LogP contribution >= 0.6 is 24.0 Å². The fourth-order valence-corrected chi connectivity index (χ4v) is 3.95. The molecule has 9 heteroatoms. The molecule has 2 aromatic rings. The first-order valence-corrected chi connectivity index (χ1v) is 10.2. The lowest BCUT2D eigenvalue weighted by Crippen LogP contribution is -2.27. The predicted molar refractivity (Wildman–Crippen MR) is 121 cm³/mol. The fourth-order valence-electron chi connectivity index (χ4n) is 2.66. The number of rotatable bonds is 7. The molecule has 0 radical (unpaired) electrons. The zero-order chi connectivity index (χ0) is 21.7. The zero-order valence-electron chi connectivity index (χ0n) is 16.0. The van der Waals surface area contributed by atoms with E-state index in [-0.39, 0.29) is 24.8 Å². The van der Waals surface area contributed by atoms with E-state index in [0.717, 1.165) is 5.56 Å². The number of benzene rings is 2. The molecule has 0 aliphatic carbocycles. The molecule has 7 nitrogen and oxygen atoms in total. The van der Waals surface area contributed by atoms with Crippen LogP contribution in [0.5, 0.6) is 5.75 Å². The number of thioether (sulfide) groups is 1. The molecule has 30 heavy (non-hydrogen) atoms. The molecule has 2 N–H and O–H groups in total. The number of hydrogen-bond acceptors (Lipinski definition) is 6. The van der Waals surface area contributed by atoms with Crippen molar-refractivity contribution in [3.8, 4) is 5.75 Å². The molecule has 0 bridgehead atoms.